The van der Waals surface area contributed by atoms with E-state index < -0.39 is 0 Å². The summed E-state index contributed by atoms with van der Waals surface area (Å²) in [5.41, 5.74) is 0.991. The summed E-state index contributed by atoms with van der Waals surface area (Å²) in [5.74, 6) is 0.828. The number of rotatable bonds is 7. The van der Waals surface area contributed by atoms with Crippen molar-refractivity contribution in [3.8, 4) is 5.75 Å². The highest BCUT2D eigenvalue weighted by atomic mass is 16.5. The van der Waals surface area contributed by atoms with Crippen molar-refractivity contribution in [3.63, 3.8) is 0 Å². The van der Waals surface area contributed by atoms with E-state index in [0.29, 0.717) is 13.2 Å². The molecule has 0 atom stereocenters. The van der Waals surface area contributed by atoms with Gasteiger partial charge in [0, 0.05) is 18.7 Å². The highest BCUT2D eigenvalue weighted by Crippen LogP contribution is 2.17. The first-order valence-electron chi connectivity index (χ1n) is 6.50. The molecule has 0 unspecified atom stereocenters. The zero-order valence-electron chi connectivity index (χ0n) is 11.2. The minimum Gasteiger partial charge on any atom is -0.494 e. The summed E-state index contributed by atoms with van der Waals surface area (Å²) in [6, 6.07) is 7.60. The van der Waals surface area contributed by atoms with Gasteiger partial charge in [0.2, 0.25) is 0 Å². The molecule has 0 spiro atoms. The summed E-state index contributed by atoms with van der Waals surface area (Å²) < 4.78 is 5.50. The molecule has 1 aromatic rings. The van der Waals surface area contributed by atoms with E-state index in [4.69, 9.17) is 4.74 Å². The van der Waals surface area contributed by atoms with Crippen LogP contribution < -0.4 is 15.4 Å². The fourth-order valence-electron chi connectivity index (χ4n) is 1.56. The van der Waals surface area contributed by atoms with Crippen molar-refractivity contribution >= 4 is 6.03 Å². The molecular formula is C14H22N2O2. The van der Waals surface area contributed by atoms with Crippen molar-refractivity contribution in [1.82, 2.24) is 10.6 Å². The van der Waals surface area contributed by atoms with Gasteiger partial charge in [-0.25, -0.2) is 4.79 Å². The molecular weight excluding hydrogens is 228 g/mol. The highest BCUT2D eigenvalue weighted by Gasteiger charge is 2.04. The number of nitrogens with one attached hydrogen (secondary N) is 2. The molecule has 18 heavy (non-hydrogen) atoms. The molecule has 0 bridgehead atoms. The number of carbonyl (C=O) groups is 1. The molecule has 2 N–H and O–H groups in total. The van der Waals surface area contributed by atoms with E-state index in [1.807, 2.05) is 31.2 Å². The maximum atomic E-state index is 11.5. The first-order chi connectivity index (χ1) is 8.77. The maximum Gasteiger partial charge on any atom is 0.315 e. The van der Waals surface area contributed by atoms with E-state index in [2.05, 4.69) is 17.6 Å². The Bertz CT molecular complexity index is 367. The predicted molar refractivity (Wildman–Crippen MR) is 72.8 cm³/mol. The number of urea groups is 1. The predicted octanol–water partition coefficient (Wildman–Crippen LogP) is 2.68. The van der Waals surface area contributed by atoms with Crippen LogP contribution in [0.1, 0.15) is 32.3 Å². The Balaban J connectivity index is 2.40. The molecule has 0 aliphatic carbocycles. The van der Waals surface area contributed by atoms with Crippen molar-refractivity contribution < 1.29 is 9.53 Å². The Morgan fingerprint density at radius 1 is 1.22 bits per heavy atom. The minimum absolute atomic E-state index is 0.130. The van der Waals surface area contributed by atoms with Gasteiger partial charge in [0.25, 0.3) is 0 Å². The van der Waals surface area contributed by atoms with Crippen LogP contribution >= 0.6 is 0 Å². The Morgan fingerprint density at radius 2 is 2.00 bits per heavy atom. The quantitative estimate of drug-likeness (QED) is 0.731. The summed E-state index contributed by atoms with van der Waals surface area (Å²) >= 11 is 0. The zero-order valence-corrected chi connectivity index (χ0v) is 11.2. The molecule has 100 valence electrons. The monoisotopic (exact) mass is 250 g/mol. The lowest BCUT2D eigenvalue weighted by molar-refractivity contribution is 0.240. The van der Waals surface area contributed by atoms with E-state index >= 15 is 0 Å². The van der Waals surface area contributed by atoms with E-state index in [0.717, 1.165) is 30.7 Å². The third-order valence-electron chi connectivity index (χ3n) is 2.53. The average Bonchev–Trinajstić information content (AvgIpc) is 2.38. The summed E-state index contributed by atoms with van der Waals surface area (Å²) in [6.07, 6.45) is 2.08. The smallest absolute Gasteiger partial charge is 0.315 e. The maximum absolute atomic E-state index is 11.5. The molecule has 0 aliphatic rings. The standard InChI is InChI=1S/C14H22N2O2/c1-3-5-10-15-14(17)16-11-12-8-6-7-9-13(12)18-4-2/h6-9H,3-5,10-11H2,1-2H3,(H2,15,16,17). The first kappa shape index (κ1) is 14.4. The molecule has 0 aliphatic heterocycles. The Hall–Kier alpha value is -1.71. The Morgan fingerprint density at radius 3 is 2.72 bits per heavy atom. The lowest BCUT2D eigenvalue weighted by Gasteiger charge is -2.11. The van der Waals surface area contributed by atoms with Gasteiger partial charge in [0.1, 0.15) is 5.75 Å². The number of amides is 2. The highest BCUT2D eigenvalue weighted by molar-refractivity contribution is 5.73. The van der Waals surface area contributed by atoms with Crippen molar-refractivity contribution in [3.05, 3.63) is 29.8 Å². The molecule has 4 heteroatoms. The van der Waals surface area contributed by atoms with Gasteiger partial charge in [-0.05, 0) is 19.4 Å². The van der Waals surface area contributed by atoms with Crippen LogP contribution in [0.3, 0.4) is 0 Å². The van der Waals surface area contributed by atoms with Crippen LogP contribution in [0.25, 0.3) is 0 Å². The van der Waals surface area contributed by atoms with E-state index in [-0.39, 0.29) is 6.03 Å². The van der Waals surface area contributed by atoms with Gasteiger partial charge in [-0.15, -0.1) is 0 Å². The van der Waals surface area contributed by atoms with Crippen molar-refractivity contribution in [2.24, 2.45) is 0 Å². The molecule has 1 aromatic carbocycles. The van der Waals surface area contributed by atoms with Crippen LogP contribution in [0.4, 0.5) is 4.79 Å². The fraction of sp³-hybridized carbons (Fsp3) is 0.500. The molecule has 0 heterocycles. The first-order valence-corrected chi connectivity index (χ1v) is 6.50. The van der Waals surface area contributed by atoms with Gasteiger partial charge >= 0.3 is 6.03 Å². The average molecular weight is 250 g/mol. The summed E-state index contributed by atoms with van der Waals surface area (Å²) in [4.78, 5) is 11.5. The number of hydrogen-bond donors (Lipinski definition) is 2. The second kappa shape index (κ2) is 8.39. The van der Waals surface area contributed by atoms with Gasteiger partial charge in [-0.2, -0.15) is 0 Å². The molecule has 0 aromatic heterocycles. The molecule has 1 rings (SSSR count). The van der Waals surface area contributed by atoms with Gasteiger partial charge in [0.05, 0.1) is 6.61 Å². The topological polar surface area (TPSA) is 50.4 Å². The summed E-state index contributed by atoms with van der Waals surface area (Å²) in [6.45, 7) is 5.86. The van der Waals surface area contributed by atoms with Crippen LogP contribution in [-0.4, -0.2) is 19.2 Å². The lowest BCUT2D eigenvalue weighted by atomic mass is 10.2. The Kier molecular flexibility index (Phi) is 6.69. The van der Waals surface area contributed by atoms with Crippen LogP contribution in [0, 0.1) is 0 Å². The minimum atomic E-state index is -0.130. The Labute approximate surface area is 109 Å². The normalized spacial score (nSPS) is 9.89. The molecule has 2 amide bonds. The van der Waals surface area contributed by atoms with Crippen LogP contribution in [-0.2, 0) is 6.54 Å². The fourth-order valence-corrected chi connectivity index (χ4v) is 1.56. The van der Waals surface area contributed by atoms with Gasteiger partial charge in [-0.3, -0.25) is 0 Å². The molecule has 0 radical (unpaired) electrons. The van der Waals surface area contributed by atoms with E-state index in [1.165, 1.54) is 0 Å². The van der Waals surface area contributed by atoms with Crippen molar-refractivity contribution in [1.29, 1.82) is 0 Å². The molecule has 0 fully saturated rings. The third-order valence-corrected chi connectivity index (χ3v) is 2.53. The van der Waals surface area contributed by atoms with Crippen LogP contribution in [0.15, 0.2) is 24.3 Å². The van der Waals surface area contributed by atoms with Gasteiger partial charge < -0.3 is 15.4 Å². The second-order valence-corrected chi connectivity index (χ2v) is 4.00. The summed E-state index contributed by atoms with van der Waals surface area (Å²) in [7, 11) is 0. The molecule has 0 saturated carbocycles. The number of para-hydroxylation sites is 1. The van der Waals surface area contributed by atoms with Crippen LogP contribution in [0.2, 0.25) is 0 Å². The second-order valence-electron chi connectivity index (χ2n) is 4.00. The summed E-state index contributed by atoms with van der Waals surface area (Å²) in [5, 5.41) is 5.64. The largest absolute Gasteiger partial charge is 0.494 e. The lowest BCUT2D eigenvalue weighted by Crippen LogP contribution is -2.35. The SMILES string of the molecule is CCCCNC(=O)NCc1ccccc1OCC. The van der Waals surface area contributed by atoms with E-state index in [1.54, 1.807) is 0 Å². The van der Waals surface area contributed by atoms with Crippen LogP contribution in [0.5, 0.6) is 5.75 Å². The number of ether oxygens (including phenoxy) is 1. The number of benzene rings is 1. The van der Waals surface area contributed by atoms with Crippen molar-refractivity contribution in [2.45, 2.75) is 33.2 Å². The number of hydrogen-bond acceptors (Lipinski definition) is 2. The van der Waals surface area contributed by atoms with Crippen molar-refractivity contribution in [2.75, 3.05) is 13.2 Å². The van der Waals surface area contributed by atoms with Gasteiger partial charge in [-0.1, -0.05) is 31.5 Å². The molecule has 0 saturated heterocycles. The molecule has 4 nitrogen and oxygen atoms in total. The third kappa shape index (κ3) is 5.08. The van der Waals surface area contributed by atoms with E-state index in [9.17, 15) is 4.79 Å². The number of unbranched alkanes of at least 4 members (excludes halogenated alkanes) is 1. The number of carbonyl (C=O) groups excluding carboxylic acids is 1. The zero-order chi connectivity index (χ0) is 13.2. The van der Waals surface area contributed by atoms with Gasteiger partial charge in [0.15, 0.2) is 0 Å².